The first kappa shape index (κ1) is 17.9. The Balaban J connectivity index is 1.55. The van der Waals surface area contributed by atoms with Gasteiger partial charge in [-0.2, -0.15) is 0 Å². The van der Waals surface area contributed by atoms with Crippen molar-refractivity contribution in [3.05, 3.63) is 77.3 Å². The molecule has 4 aromatic rings. The van der Waals surface area contributed by atoms with Crippen LogP contribution in [0.25, 0.3) is 22.3 Å². The van der Waals surface area contributed by atoms with Crippen molar-refractivity contribution in [3.8, 4) is 11.4 Å². The zero-order valence-corrected chi connectivity index (χ0v) is 15.8. The fourth-order valence-electron chi connectivity index (χ4n) is 3.11. The lowest BCUT2D eigenvalue weighted by Crippen LogP contribution is -2.23. The van der Waals surface area contributed by atoms with Gasteiger partial charge in [0.25, 0.3) is 5.91 Å². The number of benzene rings is 1. The Morgan fingerprint density at radius 2 is 2.00 bits per heavy atom. The quantitative estimate of drug-likeness (QED) is 0.571. The van der Waals surface area contributed by atoms with E-state index in [1.807, 2.05) is 49.4 Å². The maximum Gasteiger partial charge on any atom is 0.252 e. The van der Waals surface area contributed by atoms with Crippen LogP contribution in [0.2, 0.25) is 0 Å². The Kier molecular flexibility index (Phi) is 4.85. The molecule has 3 heterocycles. The van der Waals surface area contributed by atoms with Gasteiger partial charge in [0, 0.05) is 23.3 Å². The Morgan fingerprint density at radius 1 is 1.11 bits per heavy atom. The second-order valence-corrected chi connectivity index (χ2v) is 6.59. The molecule has 0 saturated heterocycles. The number of hydrogen-bond donors (Lipinski definition) is 1. The summed E-state index contributed by atoms with van der Waals surface area (Å²) in [6.45, 7) is 4.22. The molecule has 0 aliphatic heterocycles. The van der Waals surface area contributed by atoms with Gasteiger partial charge in [-0.25, -0.2) is 0 Å². The molecule has 6 nitrogen and oxygen atoms in total. The van der Waals surface area contributed by atoms with E-state index in [-0.39, 0.29) is 12.5 Å². The summed E-state index contributed by atoms with van der Waals surface area (Å²) in [6, 6.07) is 15.2. The van der Waals surface area contributed by atoms with Crippen molar-refractivity contribution in [3.63, 3.8) is 0 Å². The Labute approximate surface area is 162 Å². The van der Waals surface area contributed by atoms with Crippen LogP contribution in [0.3, 0.4) is 0 Å². The molecule has 1 amide bonds. The van der Waals surface area contributed by atoms with Crippen molar-refractivity contribution in [1.29, 1.82) is 0 Å². The summed E-state index contributed by atoms with van der Waals surface area (Å²) in [6.07, 6.45) is 2.60. The van der Waals surface area contributed by atoms with E-state index in [0.29, 0.717) is 17.0 Å². The summed E-state index contributed by atoms with van der Waals surface area (Å²) in [7, 11) is 0. The Bertz CT molecular complexity index is 1140. The summed E-state index contributed by atoms with van der Waals surface area (Å²) in [5.74, 6) is 0.401. The van der Waals surface area contributed by atoms with Gasteiger partial charge in [0.05, 0.1) is 23.3 Å². The van der Waals surface area contributed by atoms with Crippen molar-refractivity contribution in [2.24, 2.45) is 0 Å². The number of hydrogen-bond acceptors (Lipinski definition) is 5. The Morgan fingerprint density at radius 3 is 2.79 bits per heavy atom. The third-order valence-corrected chi connectivity index (χ3v) is 4.56. The molecule has 1 aromatic carbocycles. The van der Waals surface area contributed by atoms with Gasteiger partial charge in [-0.05, 0) is 49.2 Å². The fourth-order valence-corrected chi connectivity index (χ4v) is 3.11. The van der Waals surface area contributed by atoms with Crippen molar-refractivity contribution in [2.45, 2.75) is 26.8 Å². The SMILES string of the molecule is CCc1ccc2nc(C)cc(C(=O)NCc3cc(-c4ccccn4)no3)c2c1. The van der Waals surface area contributed by atoms with E-state index >= 15 is 0 Å². The number of carbonyl (C=O) groups excluding carboxylic acids is 1. The molecule has 0 saturated carbocycles. The molecule has 0 bridgehead atoms. The van der Waals surface area contributed by atoms with Crippen LogP contribution >= 0.6 is 0 Å². The first-order valence-corrected chi connectivity index (χ1v) is 9.19. The van der Waals surface area contributed by atoms with E-state index in [0.717, 1.165) is 28.7 Å². The van der Waals surface area contributed by atoms with Gasteiger partial charge >= 0.3 is 0 Å². The van der Waals surface area contributed by atoms with Gasteiger partial charge in [-0.3, -0.25) is 14.8 Å². The average Bonchev–Trinajstić information content (AvgIpc) is 3.21. The second-order valence-electron chi connectivity index (χ2n) is 6.59. The molecule has 0 aliphatic rings. The van der Waals surface area contributed by atoms with Crippen LogP contribution in [0.1, 0.15) is 34.3 Å². The third kappa shape index (κ3) is 3.62. The maximum absolute atomic E-state index is 12.8. The van der Waals surface area contributed by atoms with E-state index in [1.165, 1.54) is 5.56 Å². The molecule has 3 aromatic heterocycles. The van der Waals surface area contributed by atoms with Crippen LogP contribution in [0.5, 0.6) is 0 Å². The smallest absolute Gasteiger partial charge is 0.252 e. The fraction of sp³-hybridized carbons (Fsp3) is 0.182. The minimum Gasteiger partial charge on any atom is -0.359 e. The van der Waals surface area contributed by atoms with Crippen LogP contribution in [-0.2, 0) is 13.0 Å². The molecule has 4 rings (SSSR count). The lowest BCUT2D eigenvalue weighted by molar-refractivity contribution is 0.0948. The van der Waals surface area contributed by atoms with Gasteiger partial charge in [-0.15, -0.1) is 0 Å². The molecule has 0 unspecified atom stereocenters. The van der Waals surface area contributed by atoms with Crippen molar-refractivity contribution in [2.75, 3.05) is 0 Å². The maximum atomic E-state index is 12.8. The minimum atomic E-state index is -0.167. The van der Waals surface area contributed by atoms with E-state index in [1.54, 1.807) is 12.3 Å². The van der Waals surface area contributed by atoms with Crippen molar-refractivity contribution >= 4 is 16.8 Å². The third-order valence-electron chi connectivity index (χ3n) is 4.56. The highest BCUT2D eigenvalue weighted by molar-refractivity contribution is 6.06. The lowest BCUT2D eigenvalue weighted by atomic mass is 10.0. The van der Waals surface area contributed by atoms with Crippen molar-refractivity contribution in [1.82, 2.24) is 20.4 Å². The molecular weight excluding hydrogens is 352 g/mol. The van der Waals surface area contributed by atoms with E-state index in [2.05, 4.69) is 27.4 Å². The predicted octanol–water partition coefficient (Wildman–Crippen LogP) is 4.09. The second kappa shape index (κ2) is 7.60. The van der Waals surface area contributed by atoms with Gasteiger partial charge in [0.15, 0.2) is 5.76 Å². The standard InChI is InChI=1S/C22H20N4O2/c1-3-15-7-8-19-17(11-15)18(10-14(2)25-19)22(27)24-13-16-12-21(26-28-16)20-6-4-5-9-23-20/h4-12H,3,13H2,1-2H3,(H,24,27). The van der Waals surface area contributed by atoms with Gasteiger partial charge in [0.2, 0.25) is 0 Å². The first-order chi connectivity index (χ1) is 13.6. The lowest BCUT2D eigenvalue weighted by Gasteiger charge is -2.09. The Hall–Kier alpha value is -3.54. The molecule has 28 heavy (non-hydrogen) atoms. The summed E-state index contributed by atoms with van der Waals surface area (Å²) in [4.78, 5) is 21.6. The van der Waals surface area contributed by atoms with Crippen LogP contribution in [0, 0.1) is 6.92 Å². The minimum absolute atomic E-state index is 0.167. The number of nitrogens with zero attached hydrogens (tertiary/aromatic N) is 3. The molecule has 0 aliphatic carbocycles. The molecule has 6 heteroatoms. The number of pyridine rings is 2. The predicted molar refractivity (Wildman–Crippen MR) is 107 cm³/mol. The average molecular weight is 372 g/mol. The van der Waals surface area contributed by atoms with Crippen LogP contribution in [-0.4, -0.2) is 21.0 Å². The number of fused-ring (bicyclic) bond motifs is 1. The largest absolute Gasteiger partial charge is 0.359 e. The highest BCUT2D eigenvalue weighted by atomic mass is 16.5. The van der Waals surface area contributed by atoms with Crippen LogP contribution in [0.4, 0.5) is 0 Å². The molecular formula is C22H20N4O2. The normalized spacial score (nSPS) is 10.9. The first-order valence-electron chi connectivity index (χ1n) is 9.19. The van der Waals surface area contributed by atoms with Crippen LogP contribution < -0.4 is 5.32 Å². The van der Waals surface area contributed by atoms with Crippen LogP contribution in [0.15, 0.2) is 59.3 Å². The van der Waals surface area contributed by atoms with E-state index in [4.69, 9.17) is 4.52 Å². The number of aromatic nitrogens is 3. The van der Waals surface area contributed by atoms with E-state index < -0.39 is 0 Å². The topological polar surface area (TPSA) is 80.9 Å². The number of aryl methyl sites for hydroxylation is 2. The number of nitrogens with one attached hydrogen (secondary N) is 1. The molecule has 140 valence electrons. The van der Waals surface area contributed by atoms with E-state index in [9.17, 15) is 4.79 Å². The number of carbonyl (C=O) groups is 1. The summed E-state index contributed by atoms with van der Waals surface area (Å²) < 4.78 is 5.34. The number of rotatable bonds is 5. The van der Waals surface area contributed by atoms with Gasteiger partial charge in [0.1, 0.15) is 5.69 Å². The summed E-state index contributed by atoms with van der Waals surface area (Å²) >= 11 is 0. The van der Waals surface area contributed by atoms with Gasteiger partial charge < -0.3 is 9.84 Å². The molecule has 0 radical (unpaired) electrons. The van der Waals surface area contributed by atoms with Crippen molar-refractivity contribution < 1.29 is 9.32 Å². The zero-order chi connectivity index (χ0) is 19.5. The molecule has 0 spiro atoms. The molecule has 0 atom stereocenters. The van der Waals surface area contributed by atoms with Gasteiger partial charge in [-0.1, -0.05) is 24.2 Å². The molecule has 0 fully saturated rings. The highest BCUT2D eigenvalue weighted by Crippen LogP contribution is 2.21. The summed E-state index contributed by atoms with van der Waals surface area (Å²) in [5, 5.41) is 7.80. The zero-order valence-electron chi connectivity index (χ0n) is 15.8. The summed E-state index contributed by atoms with van der Waals surface area (Å²) in [5.41, 5.74) is 4.78. The monoisotopic (exact) mass is 372 g/mol. The number of amides is 1. The molecule has 1 N–H and O–H groups in total. The highest BCUT2D eigenvalue weighted by Gasteiger charge is 2.14.